The molecule has 0 bridgehead atoms. The second kappa shape index (κ2) is 19.9. The van der Waals surface area contributed by atoms with Gasteiger partial charge >= 0.3 is 12.2 Å². The smallest absolute Gasteiger partial charge is 0.413 e. The second-order valence-electron chi connectivity index (χ2n) is 10.8. The van der Waals surface area contributed by atoms with Gasteiger partial charge in [0.05, 0.1) is 26.5 Å². The number of nitrogens with one attached hydrogen (secondary N) is 4. The maximum Gasteiger partial charge on any atom is 0.413 e. The molecular weight excluding hydrogens is 588 g/mol. The molecular formula is C33H54N8O5. The van der Waals surface area contributed by atoms with Crippen LogP contribution in [0.25, 0.3) is 5.57 Å². The van der Waals surface area contributed by atoms with E-state index in [0.717, 1.165) is 24.0 Å². The van der Waals surface area contributed by atoms with Crippen LogP contribution in [-0.2, 0) is 16.0 Å². The van der Waals surface area contributed by atoms with Crippen LogP contribution in [0.5, 0.6) is 5.75 Å². The summed E-state index contributed by atoms with van der Waals surface area (Å²) in [6.07, 6.45) is 5.32. The van der Waals surface area contributed by atoms with E-state index in [-0.39, 0.29) is 24.3 Å². The van der Waals surface area contributed by atoms with Gasteiger partial charge in [-0.1, -0.05) is 47.1 Å². The lowest BCUT2D eigenvalue weighted by atomic mass is 10.0. The Labute approximate surface area is 274 Å². The first kappa shape index (κ1) is 39.6. The minimum absolute atomic E-state index is 0.0269. The number of hydrogen-bond donors (Lipinski definition) is 4. The summed E-state index contributed by atoms with van der Waals surface area (Å²) in [6.45, 7) is 19.2. The van der Waals surface area contributed by atoms with Crippen molar-refractivity contribution in [3.05, 3.63) is 35.3 Å². The third-order valence-electron chi connectivity index (χ3n) is 6.30. The van der Waals surface area contributed by atoms with Gasteiger partial charge < -0.3 is 35.2 Å². The topological polar surface area (TPSA) is 164 Å². The maximum atomic E-state index is 12.4. The fourth-order valence-corrected chi connectivity index (χ4v) is 4.16. The predicted molar refractivity (Wildman–Crippen MR) is 185 cm³/mol. The van der Waals surface area contributed by atoms with E-state index in [4.69, 9.17) is 14.9 Å². The Morgan fingerprint density at radius 1 is 1.09 bits per heavy atom. The highest BCUT2D eigenvalue weighted by molar-refractivity contribution is 6.02. The van der Waals surface area contributed by atoms with Gasteiger partial charge in [0.1, 0.15) is 28.4 Å². The molecule has 46 heavy (non-hydrogen) atoms. The van der Waals surface area contributed by atoms with Crippen LogP contribution < -0.4 is 20.7 Å². The molecule has 0 radical (unpaired) electrons. The Kier molecular flexibility index (Phi) is 17.1. The van der Waals surface area contributed by atoms with Gasteiger partial charge in [0.2, 0.25) is 5.95 Å². The van der Waals surface area contributed by atoms with Crippen molar-refractivity contribution < 1.29 is 23.8 Å². The lowest BCUT2D eigenvalue weighted by Gasteiger charge is -2.29. The van der Waals surface area contributed by atoms with Gasteiger partial charge in [-0.05, 0) is 57.7 Å². The Hall–Kier alpha value is -4.42. The van der Waals surface area contributed by atoms with Crippen LogP contribution in [0.4, 0.5) is 27.0 Å². The molecule has 1 aliphatic rings. The monoisotopic (exact) mass is 642 g/mol. The van der Waals surface area contributed by atoms with Crippen LogP contribution in [0.15, 0.2) is 18.3 Å². The van der Waals surface area contributed by atoms with Crippen molar-refractivity contribution in [3.8, 4) is 5.75 Å². The van der Waals surface area contributed by atoms with Gasteiger partial charge in [-0.25, -0.2) is 14.6 Å². The van der Waals surface area contributed by atoms with Crippen molar-refractivity contribution in [1.82, 2.24) is 19.9 Å². The van der Waals surface area contributed by atoms with E-state index < -0.39 is 11.7 Å². The summed E-state index contributed by atoms with van der Waals surface area (Å²) in [6, 6.07) is 1.93. The predicted octanol–water partition coefficient (Wildman–Crippen LogP) is 7.35. The first-order valence-corrected chi connectivity index (χ1v) is 16.0. The Morgan fingerprint density at radius 2 is 1.78 bits per heavy atom. The first-order chi connectivity index (χ1) is 21.9. The van der Waals surface area contributed by atoms with E-state index in [1.807, 2.05) is 60.6 Å². The molecule has 0 spiro atoms. The van der Waals surface area contributed by atoms with Gasteiger partial charge in [0.15, 0.2) is 5.82 Å². The van der Waals surface area contributed by atoms with E-state index >= 15 is 0 Å². The average Bonchev–Trinajstić information content (AvgIpc) is 3.05. The molecule has 13 nitrogen and oxygen atoms in total. The molecule has 3 rings (SSSR count). The van der Waals surface area contributed by atoms with Crippen LogP contribution in [0.2, 0.25) is 0 Å². The van der Waals surface area contributed by atoms with Crippen molar-refractivity contribution in [2.75, 3.05) is 49.8 Å². The number of ether oxygens (including phenoxy) is 3. The molecule has 13 heteroatoms. The fourth-order valence-electron chi connectivity index (χ4n) is 4.16. The number of rotatable bonds is 11. The van der Waals surface area contributed by atoms with Gasteiger partial charge in [0, 0.05) is 25.8 Å². The van der Waals surface area contributed by atoms with Gasteiger partial charge in [0.25, 0.3) is 0 Å². The number of anilines is 3. The quantitative estimate of drug-likeness (QED) is 0.144. The molecule has 2 aromatic heterocycles. The van der Waals surface area contributed by atoms with Gasteiger partial charge in [-0.2, -0.15) is 4.98 Å². The molecule has 0 saturated carbocycles. The molecule has 1 aliphatic heterocycles. The Balaban J connectivity index is 0.00000254. The highest BCUT2D eigenvalue weighted by Gasteiger charge is 2.24. The number of unbranched alkanes of at least 4 members (excludes halogenated alkanes) is 1. The van der Waals surface area contributed by atoms with Gasteiger partial charge in [-0.3, -0.25) is 10.3 Å². The molecule has 4 N–H and O–H groups in total. The number of hydrogen-bond acceptors (Lipinski definition) is 11. The molecule has 0 atom stereocenters. The molecule has 0 aromatic carbocycles. The molecule has 0 aliphatic carbocycles. The minimum atomic E-state index is -0.705. The largest absolute Gasteiger partial charge is 0.495 e. The normalized spacial score (nSPS) is 12.2. The minimum Gasteiger partial charge on any atom is -0.495 e. The highest BCUT2D eigenvalue weighted by atomic mass is 16.6. The molecule has 0 fully saturated rings. The van der Waals surface area contributed by atoms with Crippen LogP contribution >= 0.6 is 0 Å². The molecule has 256 valence electrons. The standard InChI is InChI=1S/C29H42N8O5.2C2H6/c1-8-9-12-31-25-24(23(18(2)30)34-26(35-25)36-27(38)41-7)33-17-21-22(40-6)15-20(16-32-21)19-10-13-37(14-11-19)28(39)42-29(3,4)5;2*1-2/h10,15-16,30,33H,8-9,11-14,17H2,1-7H3,(H2,31,34,35,36,38);2*1-2H3. The summed E-state index contributed by atoms with van der Waals surface area (Å²) in [7, 11) is 2.84. The summed E-state index contributed by atoms with van der Waals surface area (Å²) < 4.78 is 15.8. The van der Waals surface area contributed by atoms with E-state index in [2.05, 4.69) is 42.6 Å². The molecule has 0 unspecified atom stereocenters. The lowest BCUT2D eigenvalue weighted by molar-refractivity contribution is 0.0270. The van der Waals surface area contributed by atoms with Gasteiger partial charge in [-0.15, -0.1) is 0 Å². The Bertz CT molecular complexity index is 1320. The number of pyridine rings is 1. The number of nitrogens with zero attached hydrogens (tertiary/aromatic N) is 4. The number of aromatic nitrogens is 3. The van der Waals surface area contributed by atoms with Crippen molar-refractivity contribution in [1.29, 1.82) is 5.41 Å². The van der Waals surface area contributed by atoms with E-state index in [0.29, 0.717) is 54.7 Å². The maximum absolute atomic E-state index is 12.4. The molecule has 2 aromatic rings. The third kappa shape index (κ3) is 12.2. The van der Waals surface area contributed by atoms with Crippen molar-refractivity contribution >= 4 is 40.9 Å². The highest BCUT2D eigenvalue weighted by Crippen LogP contribution is 2.30. The summed E-state index contributed by atoms with van der Waals surface area (Å²) in [5.41, 5.74) is 3.13. The zero-order valence-electron chi connectivity index (χ0n) is 29.5. The van der Waals surface area contributed by atoms with Crippen LogP contribution in [0.3, 0.4) is 0 Å². The molecule has 2 amide bonds. The van der Waals surface area contributed by atoms with Crippen LogP contribution in [-0.4, -0.2) is 77.2 Å². The van der Waals surface area contributed by atoms with Crippen molar-refractivity contribution in [2.24, 2.45) is 0 Å². The van der Waals surface area contributed by atoms with Crippen molar-refractivity contribution in [3.63, 3.8) is 0 Å². The first-order valence-electron chi connectivity index (χ1n) is 16.0. The van der Waals surface area contributed by atoms with Crippen LogP contribution in [0.1, 0.15) is 98.5 Å². The third-order valence-corrected chi connectivity index (χ3v) is 6.30. The number of carbonyl (C=O) groups excluding carboxylic acids is 2. The summed E-state index contributed by atoms with van der Waals surface area (Å²) in [5.74, 6) is 1.07. The number of carbonyl (C=O) groups is 2. The Morgan fingerprint density at radius 3 is 2.33 bits per heavy atom. The van der Waals surface area contributed by atoms with Crippen LogP contribution in [0, 0.1) is 5.41 Å². The SMILES string of the molecule is CC.CC.CCCCNc1nc(NC(=O)OC)nc(C(C)=N)c1NCc1ncc(C2=CCN(C(=O)OC(C)(C)C)CC2)cc1OC. The number of amides is 2. The average molecular weight is 643 g/mol. The molecule has 3 heterocycles. The zero-order valence-corrected chi connectivity index (χ0v) is 29.5. The summed E-state index contributed by atoms with van der Waals surface area (Å²) in [5, 5.41) is 17.4. The molecule has 0 saturated heterocycles. The van der Waals surface area contributed by atoms with E-state index in [1.165, 1.54) is 7.11 Å². The number of methoxy groups -OCH3 is 2. The zero-order chi connectivity index (χ0) is 34.9. The fraction of sp³-hybridized carbons (Fsp3) is 0.576. The second-order valence-corrected chi connectivity index (χ2v) is 10.8. The van der Waals surface area contributed by atoms with Crippen molar-refractivity contribution in [2.45, 2.75) is 93.7 Å². The van der Waals surface area contributed by atoms with E-state index in [1.54, 1.807) is 25.1 Å². The van der Waals surface area contributed by atoms with E-state index in [9.17, 15) is 9.59 Å². The summed E-state index contributed by atoms with van der Waals surface area (Å²) in [4.78, 5) is 39.4. The lowest BCUT2D eigenvalue weighted by Crippen LogP contribution is -2.39. The summed E-state index contributed by atoms with van der Waals surface area (Å²) >= 11 is 0.